The SMILES string of the molecule is C1=CCOCCOCCOCCOCCOCc2ccc(cc2)C[n+]2ccc(cc2)-c2cc[n+](cc2)Cc2ccc(cc2)COCCOCCOCCOCCOC1. The molecule has 58 heavy (non-hydrogen) atoms. The number of nitrogens with zero attached hydrogens (tertiary/aromatic N) is 2. The number of fused-ring (bicyclic) bond motifs is 4. The lowest BCUT2D eigenvalue weighted by molar-refractivity contribution is -0.688. The van der Waals surface area contributed by atoms with E-state index in [0.717, 1.165) is 24.2 Å². The zero-order valence-electron chi connectivity index (χ0n) is 33.9. The van der Waals surface area contributed by atoms with E-state index in [9.17, 15) is 0 Å². The molecule has 0 N–H and O–H groups in total. The Morgan fingerprint density at radius 2 is 0.534 bits per heavy atom. The number of rotatable bonds is 0. The van der Waals surface area contributed by atoms with Crippen molar-refractivity contribution in [2.45, 2.75) is 26.3 Å². The average Bonchev–Trinajstić information content (AvgIpc) is 3.25. The maximum Gasteiger partial charge on any atom is 0.173 e. The van der Waals surface area contributed by atoms with Crippen molar-refractivity contribution < 1.29 is 56.5 Å². The van der Waals surface area contributed by atoms with E-state index < -0.39 is 0 Å². The highest BCUT2D eigenvalue weighted by Crippen LogP contribution is 2.16. The summed E-state index contributed by atoms with van der Waals surface area (Å²) in [6, 6.07) is 25.8. The van der Waals surface area contributed by atoms with Gasteiger partial charge < -0.3 is 47.4 Å². The summed E-state index contributed by atoms with van der Waals surface area (Å²) < 4.78 is 60.6. The number of hydrogen-bond donors (Lipinski definition) is 0. The molecule has 0 fully saturated rings. The molecule has 4 aromatic rings. The lowest BCUT2D eigenvalue weighted by Gasteiger charge is -2.08. The third-order valence-corrected chi connectivity index (χ3v) is 9.00. The van der Waals surface area contributed by atoms with Gasteiger partial charge in [0.05, 0.1) is 132 Å². The highest BCUT2D eigenvalue weighted by molar-refractivity contribution is 5.61. The van der Waals surface area contributed by atoms with Crippen LogP contribution in [0.3, 0.4) is 0 Å². The molecule has 0 amide bonds. The van der Waals surface area contributed by atoms with Gasteiger partial charge in [0.25, 0.3) is 0 Å². The standard InChI is InChI=1S/C46H62N2O10/c1-2-20-50-22-24-52-26-28-54-30-32-56-34-36-58-40-44-9-5-42(6-10-44)38-48-17-13-46(14-18-48)45-11-15-47(16-12-45)37-41-3-7-43(8-4-41)39-57-35-33-55-31-29-53-27-25-51-23-21-49-19-1/h1-18H,19-40H2/q+2. The van der Waals surface area contributed by atoms with Gasteiger partial charge >= 0.3 is 0 Å². The Bertz CT molecular complexity index is 1510. The fourth-order valence-electron chi connectivity index (χ4n) is 5.79. The molecule has 2 aromatic heterocycles. The van der Waals surface area contributed by atoms with E-state index in [0.29, 0.717) is 132 Å². The second kappa shape index (κ2) is 29.3. The van der Waals surface area contributed by atoms with Gasteiger partial charge in [-0.1, -0.05) is 60.7 Å². The summed E-state index contributed by atoms with van der Waals surface area (Å²) in [6.07, 6.45) is 12.4. The summed E-state index contributed by atoms with van der Waals surface area (Å²) in [4.78, 5) is 0. The Hall–Kier alpha value is -3.92. The Morgan fingerprint density at radius 1 is 0.276 bits per heavy atom. The van der Waals surface area contributed by atoms with E-state index in [1.165, 1.54) is 22.3 Å². The third-order valence-electron chi connectivity index (χ3n) is 9.00. The fraction of sp³-hybridized carbons (Fsp3) is 0.478. The number of pyridine rings is 2. The van der Waals surface area contributed by atoms with Crippen LogP contribution in [0.2, 0.25) is 0 Å². The molecule has 0 saturated heterocycles. The molecule has 7 heterocycles. The highest BCUT2D eigenvalue weighted by atomic mass is 16.6. The quantitative estimate of drug-likeness (QED) is 0.183. The molecule has 0 saturated carbocycles. The topological polar surface area (TPSA) is 100 Å². The summed E-state index contributed by atoms with van der Waals surface area (Å²) in [5, 5.41) is 0. The Kier molecular flexibility index (Phi) is 22.8. The van der Waals surface area contributed by atoms with Crippen LogP contribution >= 0.6 is 0 Å². The largest absolute Gasteiger partial charge is 0.377 e. The van der Waals surface area contributed by atoms with Crippen molar-refractivity contribution in [2.24, 2.45) is 0 Å². The molecule has 0 aliphatic carbocycles. The summed E-state index contributed by atoms with van der Waals surface area (Å²) >= 11 is 0. The monoisotopic (exact) mass is 802 g/mol. The molecule has 12 nitrogen and oxygen atoms in total. The minimum Gasteiger partial charge on any atom is -0.377 e. The van der Waals surface area contributed by atoms with Crippen LogP contribution in [0, 0.1) is 0 Å². The smallest absolute Gasteiger partial charge is 0.173 e. The van der Waals surface area contributed by atoms with Crippen molar-refractivity contribution in [3.63, 3.8) is 0 Å². The zero-order chi connectivity index (χ0) is 40.0. The van der Waals surface area contributed by atoms with Gasteiger partial charge in [0.15, 0.2) is 37.9 Å². The Morgan fingerprint density at radius 3 is 0.845 bits per heavy atom. The molecular formula is C46H62N2O10+2. The summed E-state index contributed by atoms with van der Waals surface area (Å²) in [5.41, 5.74) is 7.11. The van der Waals surface area contributed by atoms with E-state index in [2.05, 4.69) is 107 Å². The van der Waals surface area contributed by atoms with E-state index in [1.54, 1.807) is 0 Å². The number of ether oxygens (including phenoxy) is 10. The molecule has 0 spiro atoms. The summed E-state index contributed by atoms with van der Waals surface area (Å²) in [6.45, 7) is 12.1. The summed E-state index contributed by atoms with van der Waals surface area (Å²) in [5.74, 6) is 0. The van der Waals surface area contributed by atoms with Gasteiger partial charge in [0, 0.05) is 35.4 Å². The molecule has 0 unspecified atom stereocenters. The first-order valence-electron chi connectivity index (χ1n) is 20.4. The van der Waals surface area contributed by atoms with Crippen molar-refractivity contribution >= 4 is 0 Å². The molecule has 0 atom stereocenters. The van der Waals surface area contributed by atoms with Gasteiger partial charge in [0.1, 0.15) is 0 Å². The molecule has 12 heteroatoms. The Labute approximate surface area is 344 Å². The first-order valence-corrected chi connectivity index (χ1v) is 20.4. The molecule has 8 bridgehead atoms. The van der Waals surface area contributed by atoms with Crippen LogP contribution in [0.25, 0.3) is 11.1 Å². The van der Waals surface area contributed by atoms with E-state index in [-0.39, 0.29) is 0 Å². The minimum absolute atomic E-state index is 0.514. The number of benzene rings is 2. The highest BCUT2D eigenvalue weighted by Gasteiger charge is 2.09. The molecule has 314 valence electrons. The van der Waals surface area contributed by atoms with Gasteiger partial charge in [-0.2, -0.15) is 0 Å². The van der Waals surface area contributed by atoms with Gasteiger partial charge in [-0.3, -0.25) is 0 Å². The molecule has 5 aliphatic rings. The van der Waals surface area contributed by atoms with Crippen LogP contribution in [0.15, 0.2) is 110 Å². The maximum atomic E-state index is 5.81. The van der Waals surface area contributed by atoms with E-state index in [4.69, 9.17) is 47.4 Å². The first-order chi connectivity index (χ1) is 28.8. The number of aromatic nitrogens is 2. The van der Waals surface area contributed by atoms with Crippen LogP contribution in [-0.2, 0) is 73.7 Å². The molecule has 5 aliphatic heterocycles. The van der Waals surface area contributed by atoms with Gasteiger partial charge in [-0.25, -0.2) is 9.13 Å². The molecule has 9 rings (SSSR count). The van der Waals surface area contributed by atoms with Crippen LogP contribution < -0.4 is 9.13 Å². The minimum atomic E-state index is 0.514. The molecule has 0 radical (unpaired) electrons. The van der Waals surface area contributed by atoms with E-state index >= 15 is 0 Å². The molecule has 2 aromatic carbocycles. The van der Waals surface area contributed by atoms with Crippen molar-refractivity contribution in [1.29, 1.82) is 0 Å². The normalized spacial score (nSPS) is 18.5. The van der Waals surface area contributed by atoms with Crippen LogP contribution in [-0.4, -0.2) is 119 Å². The van der Waals surface area contributed by atoms with Gasteiger partial charge in [0.2, 0.25) is 0 Å². The predicted molar refractivity (Wildman–Crippen MR) is 218 cm³/mol. The van der Waals surface area contributed by atoms with Crippen molar-refractivity contribution in [3.8, 4) is 11.1 Å². The fourth-order valence-corrected chi connectivity index (χ4v) is 5.79. The first kappa shape index (κ1) is 45.2. The lowest BCUT2D eigenvalue weighted by atomic mass is 10.1. The predicted octanol–water partition coefficient (Wildman–Crippen LogP) is 4.76. The van der Waals surface area contributed by atoms with Crippen molar-refractivity contribution in [3.05, 3.63) is 132 Å². The van der Waals surface area contributed by atoms with E-state index in [1.807, 2.05) is 12.2 Å². The van der Waals surface area contributed by atoms with Crippen LogP contribution in [0.1, 0.15) is 22.3 Å². The van der Waals surface area contributed by atoms with Crippen LogP contribution in [0.5, 0.6) is 0 Å². The lowest BCUT2D eigenvalue weighted by Crippen LogP contribution is -2.33. The Balaban J connectivity index is 1.01. The van der Waals surface area contributed by atoms with Gasteiger partial charge in [-0.05, 0) is 22.3 Å². The second-order valence-corrected chi connectivity index (χ2v) is 13.6. The second-order valence-electron chi connectivity index (χ2n) is 13.6. The number of hydrogen-bond acceptors (Lipinski definition) is 10. The summed E-state index contributed by atoms with van der Waals surface area (Å²) in [7, 11) is 0. The maximum absolute atomic E-state index is 5.81. The van der Waals surface area contributed by atoms with Crippen LogP contribution in [0.4, 0.5) is 0 Å². The molecular weight excluding hydrogens is 741 g/mol. The zero-order valence-corrected chi connectivity index (χ0v) is 33.9. The third kappa shape index (κ3) is 19.7. The average molecular weight is 803 g/mol. The van der Waals surface area contributed by atoms with Crippen molar-refractivity contribution in [1.82, 2.24) is 0 Å². The van der Waals surface area contributed by atoms with Crippen molar-refractivity contribution in [2.75, 3.05) is 119 Å². The van der Waals surface area contributed by atoms with Gasteiger partial charge in [-0.15, -0.1) is 0 Å².